The van der Waals surface area contributed by atoms with Crippen molar-refractivity contribution in [1.29, 1.82) is 0 Å². The van der Waals surface area contributed by atoms with E-state index in [9.17, 15) is 14.9 Å². The first-order valence-electron chi connectivity index (χ1n) is 8.60. The number of nitro benzene ring substituents is 1. The van der Waals surface area contributed by atoms with Crippen molar-refractivity contribution in [3.63, 3.8) is 0 Å². The maximum Gasteiger partial charge on any atom is 0.338 e. The van der Waals surface area contributed by atoms with Crippen molar-refractivity contribution in [2.75, 3.05) is 0 Å². The van der Waals surface area contributed by atoms with E-state index in [4.69, 9.17) is 21.4 Å². The van der Waals surface area contributed by atoms with Gasteiger partial charge in [-0.15, -0.1) is 0 Å². The summed E-state index contributed by atoms with van der Waals surface area (Å²) in [5.41, 5.74) is 1.18. The highest BCUT2D eigenvalue weighted by molar-refractivity contribution is 7.80. The van der Waals surface area contributed by atoms with Crippen molar-refractivity contribution in [3.8, 4) is 11.3 Å². The van der Waals surface area contributed by atoms with E-state index in [0.29, 0.717) is 33.5 Å². The molecule has 1 aliphatic rings. The molecular weight excluding hydrogens is 382 g/mol. The first-order valence-corrected chi connectivity index (χ1v) is 9.01. The Bertz CT molecular complexity index is 979. The minimum atomic E-state index is -0.670. The van der Waals surface area contributed by atoms with Crippen molar-refractivity contribution in [2.24, 2.45) is 0 Å². The lowest BCUT2D eigenvalue weighted by atomic mass is 10.0. The van der Waals surface area contributed by atoms with Crippen molar-refractivity contribution >= 4 is 29.0 Å². The third-order valence-electron chi connectivity index (χ3n) is 4.11. The van der Waals surface area contributed by atoms with E-state index < -0.39 is 16.9 Å². The Labute approximate surface area is 166 Å². The second kappa shape index (κ2) is 7.81. The van der Waals surface area contributed by atoms with Gasteiger partial charge in [-0.2, -0.15) is 0 Å². The van der Waals surface area contributed by atoms with Crippen LogP contribution in [0.25, 0.3) is 11.3 Å². The Morgan fingerprint density at radius 1 is 1.29 bits per heavy atom. The van der Waals surface area contributed by atoms with Gasteiger partial charge in [0.15, 0.2) is 5.11 Å². The van der Waals surface area contributed by atoms with E-state index in [1.807, 2.05) is 0 Å². The highest BCUT2D eigenvalue weighted by atomic mass is 32.1. The van der Waals surface area contributed by atoms with Crippen LogP contribution in [0.1, 0.15) is 32.6 Å². The van der Waals surface area contributed by atoms with Crippen molar-refractivity contribution in [1.82, 2.24) is 10.6 Å². The lowest BCUT2D eigenvalue weighted by Crippen LogP contribution is -2.45. The van der Waals surface area contributed by atoms with Crippen LogP contribution in [0, 0.1) is 10.1 Å². The molecule has 0 saturated carbocycles. The van der Waals surface area contributed by atoms with Crippen LogP contribution in [0.4, 0.5) is 5.69 Å². The number of nitro groups is 1. The number of allylic oxidation sites excluding steroid dienone is 1. The number of rotatable bonds is 5. The number of ether oxygens (including phenoxy) is 1. The van der Waals surface area contributed by atoms with Gasteiger partial charge in [0.2, 0.25) is 0 Å². The molecule has 1 aromatic heterocycles. The number of furan rings is 1. The Hall–Kier alpha value is -3.20. The molecule has 8 nitrogen and oxygen atoms in total. The topological polar surface area (TPSA) is 107 Å². The molecule has 0 radical (unpaired) electrons. The highest BCUT2D eigenvalue weighted by Gasteiger charge is 2.33. The highest BCUT2D eigenvalue weighted by Crippen LogP contribution is 2.35. The van der Waals surface area contributed by atoms with Gasteiger partial charge >= 0.3 is 5.97 Å². The number of nitrogens with zero attached hydrogens (tertiary/aromatic N) is 1. The number of para-hydroxylation sites is 1. The Morgan fingerprint density at radius 3 is 2.68 bits per heavy atom. The molecule has 0 bridgehead atoms. The molecule has 0 aliphatic carbocycles. The molecule has 2 N–H and O–H groups in total. The van der Waals surface area contributed by atoms with Gasteiger partial charge in [0.1, 0.15) is 17.6 Å². The summed E-state index contributed by atoms with van der Waals surface area (Å²) >= 11 is 5.20. The molecule has 0 saturated heterocycles. The van der Waals surface area contributed by atoms with Crippen LogP contribution in [0.3, 0.4) is 0 Å². The number of hydrogen-bond acceptors (Lipinski definition) is 6. The number of carbonyl (C=O) groups excluding carboxylic acids is 1. The van der Waals surface area contributed by atoms with Gasteiger partial charge in [0.25, 0.3) is 5.69 Å². The number of thiocarbonyl (C=S) groups is 1. The monoisotopic (exact) mass is 401 g/mol. The SMILES string of the molecule is CC1=C(C(=O)OC(C)C)[C@@H](c2ccc(-c3ccccc3[N+](=O)[O-])o2)NC(=S)N1. The molecule has 1 atom stereocenters. The molecule has 0 unspecified atom stereocenters. The molecule has 0 amide bonds. The largest absolute Gasteiger partial charge is 0.459 e. The summed E-state index contributed by atoms with van der Waals surface area (Å²) in [6.45, 7) is 5.25. The van der Waals surface area contributed by atoms with Gasteiger partial charge in [-0.1, -0.05) is 12.1 Å². The summed E-state index contributed by atoms with van der Waals surface area (Å²) in [6.07, 6.45) is -0.290. The first kappa shape index (κ1) is 19.6. The minimum Gasteiger partial charge on any atom is -0.459 e. The van der Waals surface area contributed by atoms with Gasteiger partial charge < -0.3 is 19.8 Å². The molecular formula is C19H19N3O5S. The predicted molar refractivity (Wildman–Crippen MR) is 106 cm³/mol. The lowest BCUT2D eigenvalue weighted by Gasteiger charge is -2.28. The summed E-state index contributed by atoms with van der Waals surface area (Å²) < 4.78 is 11.2. The summed E-state index contributed by atoms with van der Waals surface area (Å²) in [6, 6.07) is 8.92. The van der Waals surface area contributed by atoms with E-state index in [1.165, 1.54) is 6.07 Å². The van der Waals surface area contributed by atoms with Gasteiger partial charge in [-0.25, -0.2) is 4.79 Å². The Morgan fingerprint density at radius 2 is 2.00 bits per heavy atom. The fraction of sp³-hybridized carbons (Fsp3) is 0.263. The normalized spacial score (nSPS) is 16.6. The first-order chi connectivity index (χ1) is 13.3. The summed E-state index contributed by atoms with van der Waals surface area (Å²) in [5, 5.41) is 17.5. The number of nitrogens with one attached hydrogen (secondary N) is 2. The summed E-state index contributed by atoms with van der Waals surface area (Å²) in [4.78, 5) is 23.4. The van der Waals surface area contributed by atoms with Gasteiger partial charge in [0.05, 0.1) is 22.2 Å². The van der Waals surface area contributed by atoms with Gasteiger partial charge in [-0.05, 0) is 51.2 Å². The van der Waals surface area contributed by atoms with Crippen molar-refractivity contribution in [2.45, 2.75) is 32.9 Å². The third-order valence-corrected chi connectivity index (χ3v) is 4.33. The molecule has 28 heavy (non-hydrogen) atoms. The fourth-order valence-corrected chi connectivity index (χ4v) is 3.22. The molecule has 2 heterocycles. The van der Waals surface area contributed by atoms with Crippen LogP contribution < -0.4 is 10.6 Å². The number of benzene rings is 1. The molecule has 146 valence electrons. The molecule has 0 spiro atoms. The van der Waals surface area contributed by atoms with E-state index in [0.717, 1.165) is 0 Å². The van der Waals surface area contributed by atoms with Gasteiger partial charge in [-0.3, -0.25) is 10.1 Å². The van der Waals surface area contributed by atoms with E-state index in [-0.39, 0.29) is 11.8 Å². The van der Waals surface area contributed by atoms with Crippen molar-refractivity contribution < 1.29 is 18.9 Å². The molecule has 2 aromatic rings. The maximum absolute atomic E-state index is 12.6. The molecule has 0 fully saturated rings. The predicted octanol–water partition coefficient (Wildman–Crippen LogP) is 3.60. The minimum absolute atomic E-state index is 0.0663. The average molecular weight is 401 g/mol. The van der Waals surface area contributed by atoms with Crippen LogP contribution in [-0.2, 0) is 9.53 Å². The zero-order valence-electron chi connectivity index (χ0n) is 15.5. The zero-order chi connectivity index (χ0) is 20.4. The lowest BCUT2D eigenvalue weighted by molar-refractivity contribution is -0.384. The molecule has 9 heteroatoms. The van der Waals surface area contributed by atoms with E-state index in [1.54, 1.807) is 51.1 Å². The average Bonchev–Trinajstić information content (AvgIpc) is 3.10. The standard InChI is InChI=1S/C19H19N3O5S/c1-10(2)26-18(23)16-11(3)20-19(28)21-17(16)15-9-8-14(27-15)12-6-4-5-7-13(12)22(24)25/h4-10,17H,1-3H3,(H2,20,21,28)/t17-/m1/s1. The smallest absolute Gasteiger partial charge is 0.338 e. The second-order valence-corrected chi connectivity index (χ2v) is 6.91. The Kier molecular flexibility index (Phi) is 5.46. The molecule has 1 aliphatic heterocycles. The maximum atomic E-state index is 12.6. The quantitative estimate of drug-likeness (QED) is 0.339. The number of esters is 1. The van der Waals surface area contributed by atoms with E-state index in [2.05, 4.69) is 10.6 Å². The number of carbonyl (C=O) groups is 1. The van der Waals surface area contributed by atoms with Crippen LogP contribution >= 0.6 is 12.2 Å². The molecule has 1 aromatic carbocycles. The Balaban J connectivity index is 2.01. The second-order valence-electron chi connectivity index (χ2n) is 6.50. The van der Waals surface area contributed by atoms with E-state index >= 15 is 0 Å². The van der Waals surface area contributed by atoms with Crippen LogP contribution in [0.15, 0.2) is 52.1 Å². The van der Waals surface area contributed by atoms with Crippen LogP contribution in [0.2, 0.25) is 0 Å². The zero-order valence-corrected chi connectivity index (χ0v) is 16.3. The van der Waals surface area contributed by atoms with Crippen LogP contribution in [-0.4, -0.2) is 22.1 Å². The third kappa shape index (κ3) is 3.89. The summed E-state index contributed by atoms with van der Waals surface area (Å²) in [7, 11) is 0. The van der Waals surface area contributed by atoms with Crippen LogP contribution in [0.5, 0.6) is 0 Å². The number of hydrogen-bond donors (Lipinski definition) is 2. The molecule has 3 rings (SSSR count). The van der Waals surface area contributed by atoms with Crippen molar-refractivity contribution in [3.05, 3.63) is 63.5 Å². The fourth-order valence-electron chi connectivity index (χ4n) is 2.95. The summed E-state index contributed by atoms with van der Waals surface area (Å²) in [5.74, 6) is 0.221. The van der Waals surface area contributed by atoms with Gasteiger partial charge in [0, 0.05) is 11.8 Å².